The molecular formula is C19H20N4O3S. The highest BCUT2D eigenvalue weighted by atomic mass is 32.2. The van der Waals surface area contributed by atoms with E-state index in [4.69, 9.17) is 5.26 Å². The van der Waals surface area contributed by atoms with Crippen LogP contribution in [0.15, 0.2) is 53.6 Å². The van der Waals surface area contributed by atoms with Gasteiger partial charge in [0.05, 0.1) is 28.8 Å². The van der Waals surface area contributed by atoms with Gasteiger partial charge in [0, 0.05) is 25.2 Å². The number of hydrogen-bond donors (Lipinski definition) is 1. The first-order chi connectivity index (χ1) is 13.0. The third-order valence-electron chi connectivity index (χ3n) is 4.62. The average Bonchev–Trinajstić information content (AvgIpc) is 2.73. The second-order valence-electron chi connectivity index (χ2n) is 6.35. The number of nitrogens with zero attached hydrogens (tertiary/aromatic N) is 3. The van der Waals surface area contributed by atoms with E-state index in [9.17, 15) is 13.2 Å². The minimum absolute atomic E-state index is 0.0731. The quantitative estimate of drug-likeness (QED) is 0.845. The molecule has 27 heavy (non-hydrogen) atoms. The van der Waals surface area contributed by atoms with E-state index in [1.807, 2.05) is 24.3 Å². The molecule has 1 fully saturated rings. The van der Waals surface area contributed by atoms with Gasteiger partial charge in [-0.3, -0.25) is 9.78 Å². The van der Waals surface area contributed by atoms with Crippen molar-refractivity contribution in [2.45, 2.75) is 24.3 Å². The molecule has 1 aromatic carbocycles. The third kappa shape index (κ3) is 4.51. The smallest absolute Gasteiger partial charge is 0.243 e. The maximum atomic E-state index is 12.7. The molecule has 2 heterocycles. The molecule has 1 saturated heterocycles. The van der Waals surface area contributed by atoms with Gasteiger partial charge in [-0.15, -0.1) is 0 Å². The minimum Gasteiger partial charge on any atom is -0.350 e. The average molecular weight is 384 g/mol. The van der Waals surface area contributed by atoms with E-state index in [1.165, 1.54) is 28.6 Å². The van der Waals surface area contributed by atoms with E-state index in [0.29, 0.717) is 38.0 Å². The number of aromatic nitrogens is 1. The Hall–Kier alpha value is -2.76. The number of hydrogen-bond acceptors (Lipinski definition) is 5. The molecule has 1 aliphatic heterocycles. The fourth-order valence-corrected chi connectivity index (χ4v) is 4.50. The molecule has 0 radical (unpaired) electrons. The maximum absolute atomic E-state index is 12.7. The standard InChI is InChI=1S/C19H20N4O3S/c20-13-15-4-6-18(7-5-15)27(25,26)23-11-8-16(9-12-23)19(24)22-14-17-3-1-2-10-21-17/h1-7,10,16H,8-9,11-12,14H2,(H,22,24). The van der Waals surface area contributed by atoms with Gasteiger partial charge in [-0.05, 0) is 49.2 Å². The van der Waals surface area contributed by atoms with Gasteiger partial charge in [0.2, 0.25) is 15.9 Å². The van der Waals surface area contributed by atoms with Gasteiger partial charge in [-0.1, -0.05) is 6.07 Å². The van der Waals surface area contributed by atoms with Gasteiger partial charge in [-0.2, -0.15) is 9.57 Å². The highest BCUT2D eigenvalue weighted by Gasteiger charge is 2.32. The number of nitrogens with one attached hydrogen (secondary N) is 1. The maximum Gasteiger partial charge on any atom is 0.243 e. The van der Waals surface area contributed by atoms with E-state index >= 15 is 0 Å². The van der Waals surface area contributed by atoms with Crippen LogP contribution in [0.4, 0.5) is 0 Å². The fraction of sp³-hybridized carbons (Fsp3) is 0.316. The molecule has 7 nitrogen and oxygen atoms in total. The van der Waals surface area contributed by atoms with Gasteiger partial charge in [0.1, 0.15) is 0 Å². The summed E-state index contributed by atoms with van der Waals surface area (Å²) in [4.78, 5) is 16.7. The van der Waals surface area contributed by atoms with Gasteiger partial charge in [0.25, 0.3) is 0 Å². The molecule has 0 aliphatic carbocycles. The van der Waals surface area contributed by atoms with E-state index in [-0.39, 0.29) is 16.7 Å². The number of rotatable bonds is 5. The van der Waals surface area contributed by atoms with Crippen LogP contribution in [0.5, 0.6) is 0 Å². The zero-order chi connectivity index (χ0) is 19.3. The molecule has 140 valence electrons. The van der Waals surface area contributed by atoms with Crippen molar-refractivity contribution in [2.75, 3.05) is 13.1 Å². The largest absolute Gasteiger partial charge is 0.350 e. The van der Waals surface area contributed by atoms with Crippen molar-refractivity contribution in [3.63, 3.8) is 0 Å². The topological polar surface area (TPSA) is 103 Å². The molecule has 1 aromatic heterocycles. The van der Waals surface area contributed by atoms with Gasteiger partial charge >= 0.3 is 0 Å². The summed E-state index contributed by atoms with van der Waals surface area (Å²) >= 11 is 0. The zero-order valence-electron chi connectivity index (χ0n) is 14.7. The first kappa shape index (κ1) is 19.0. The Balaban J connectivity index is 1.56. The number of amides is 1. The lowest BCUT2D eigenvalue weighted by Crippen LogP contribution is -2.42. The molecule has 0 saturated carbocycles. The monoisotopic (exact) mass is 384 g/mol. The number of benzene rings is 1. The van der Waals surface area contributed by atoms with Crippen molar-refractivity contribution in [3.05, 3.63) is 59.9 Å². The van der Waals surface area contributed by atoms with E-state index in [2.05, 4.69) is 10.3 Å². The molecule has 0 unspecified atom stereocenters. The first-order valence-corrected chi connectivity index (χ1v) is 10.1. The summed E-state index contributed by atoms with van der Waals surface area (Å²) in [5.41, 5.74) is 1.20. The number of carbonyl (C=O) groups is 1. The Kier molecular flexibility index (Phi) is 5.84. The number of sulfonamides is 1. The Morgan fingerprint density at radius 2 is 1.89 bits per heavy atom. The van der Waals surface area contributed by atoms with E-state index < -0.39 is 10.0 Å². The predicted octanol–water partition coefficient (Wildman–Crippen LogP) is 1.67. The number of carbonyl (C=O) groups excluding carboxylic acids is 1. The molecule has 0 bridgehead atoms. The summed E-state index contributed by atoms with van der Waals surface area (Å²) in [6.45, 7) is 0.956. The van der Waals surface area contributed by atoms with Crippen molar-refractivity contribution in [1.82, 2.24) is 14.6 Å². The highest BCUT2D eigenvalue weighted by molar-refractivity contribution is 7.89. The molecule has 3 rings (SSSR count). The number of piperidine rings is 1. The lowest BCUT2D eigenvalue weighted by atomic mass is 9.97. The van der Waals surface area contributed by atoms with Crippen LogP contribution >= 0.6 is 0 Å². The third-order valence-corrected chi connectivity index (χ3v) is 6.53. The summed E-state index contributed by atoms with van der Waals surface area (Å²) in [6, 6.07) is 13.4. The summed E-state index contributed by atoms with van der Waals surface area (Å²) < 4.78 is 26.8. The first-order valence-electron chi connectivity index (χ1n) is 8.68. The molecule has 1 aliphatic rings. The number of pyridine rings is 1. The van der Waals surface area contributed by atoms with E-state index in [1.54, 1.807) is 6.20 Å². The zero-order valence-corrected chi connectivity index (χ0v) is 15.5. The van der Waals surface area contributed by atoms with Crippen molar-refractivity contribution in [2.24, 2.45) is 5.92 Å². The molecule has 0 atom stereocenters. The van der Waals surface area contributed by atoms with Crippen molar-refractivity contribution in [3.8, 4) is 6.07 Å². The van der Waals surface area contributed by atoms with Crippen LogP contribution in [0.2, 0.25) is 0 Å². The Bertz CT molecular complexity index is 929. The van der Waals surface area contributed by atoms with Crippen LogP contribution < -0.4 is 5.32 Å². The van der Waals surface area contributed by atoms with Crippen molar-refractivity contribution < 1.29 is 13.2 Å². The molecule has 1 amide bonds. The van der Waals surface area contributed by atoms with Crippen molar-refractivity contribution >= 4 is 15.9 Å². The van der Waals surface area contributed by atoms with Crippen LogP contribution in [0.1, 0.15) is 24.1 Å². The SMILES string of the molecule is N#Cc1ccc(S(=O)(=O)N2CCC(C(=O)NCc3ccccn3)CC2)cc1. The second-order valence-corrected chi connectivity index (χ2v) is 8.29. The van der Waals surface area contributed by atoms with Crippen LogP contribution in [-0.4, -0.2) is 36.7 Å². The summed E-state index contributed by atoms with van der Waals surface area (Å²) in [5.74, 6) is -0.280. The predicted molar refractivity (Wildman–Crippen MR) is 98.7 cm³/mol. The minimum atomic E-state index is -3.61. The summed E-state index contributed by atoms with van der Waals surface area (Å²) in [5, 5.41) is 11.7. The van der Waals surface area contributed by atoms with Gasteiger partial charge in [-0.25, -0.2) is 8.42 Å². The highest BCUT2D eigenvalue weighted by Crippen LogP contribution is 2.24. The van der Waals surface area contributed by atoms with E-state index in [0.717, 1.165) is 5.69 Å². The fourth-order valence-electron chi connectivity index (χ4n) is 3.03. The number of nitriles is 1. The van der Waals surface area contributed by atoms with Crippen LogP contribution in [-0.2, 0) is 21.4 Å². The van der Waals surface area contributed by atoms with Crippen LogP contribution in [0.3, 0.4) is 0 Å². The normalized spacial score (nSPS) is 15.8. The van der Waals surface area contributed by atoms with Crippen LogP contribution in [0, 0.1) is 17.2 Å². The Morgan fingerprint density at radius 1 is 1.19 bits per heavy atom. The molecule has 0 spiro atoms. The van der Waals surface area contributed by atoms with Crippen molar-refractivity contribution in [1.29, 1.82) is 5.26 Å². The van der Waals surface area contributed by atoms with Gasteiger partial charge < -0.3 is 5.32 Å². The summed E-state index contributed by atoms with van der Waals surface area (Å²) in [7, 11) is -3.61. The lowest BCUT2D eigenvalue weighted by molar-refractivity contribution is -0.126. The molecular weight excluding hydrogens is 364 g/mol. The molecule has 2 aromatic rings. The molecule has 8 heteroatoms. The van der Waals surface area contributed by atoms with Crippen LogP contribution in [0.25, 0.3) is 0 Å². The van der Waals surface area contributed by atoms with Gasteiger partial charge in [0.15, 0.2) is 0 Å². The lowest BCUT2D eigenvalue weighted by Gasteiger charge is -2.30. The second kappa shape index (κ2) is 8.29. The molecule has 1 N–H and O–H groups in total. The summed E-state index contributed by atoms with van der Waals surface area (Å²) in [6.07, 6.45) is 2.63. The Labute approximate surface area is 158 Å². The Morgan fingerprint density at radius 3 is 2.48 bits per heavy atom.